The van der Waals surface area contributed by atoms with E-state index >= 15 is 0 Å². The summed E-state index contributed by atoms with van der Waals surface area (Å²) < 4.78 is 7.21. The molecule has 1 aromatic heterocycles. The van der Waals surface area contributed by atoms with Crippen molar-refractivity contribution in [3.8, 4) is 0 Å². The van der Waals surface area contributed by atoms with Crippen LogP contribution < -0.4 is 10.6 Å². The zero-order valence-corrected chi connectivity index (χ0v) is 17.5. The summed E-state index contributed by atoms with van der Waals surface area (Å²) in [5, 5.41) is 21.2. The van der Waals surface area contributed by atoms with Crippen LogP contribution >= 0.6 is 24.0 Å². The van der Waals surface area contributed by atoms with Crippen molar-refractivity contribution in [1.82, 2.24) is 25.3 Å². The predicted octanol–water partition coefficient (Wildman–Crippen LogP) is 0.139. The molecule has 0 aromatic carbocycles. The second kappa shape index (κ2) is 11.7. The average Bonchev–Trinajstić information content (AvgIpc) is 3.06. The lowest BCUT2D eigenvalue weighted by Crippen LogP contribution is -2.48. The first-order valence-corrected chi connectivity index (χ1v) is 8.61. The van der Waals surface area contributed by atoms with Gasteiger partial charge in [0.25, 0.3) is 0 Å². The van der Waals surface area contributed by atoms with E-state index in [4.69, 9.17) is 4.74 Å². The van der Waals surface area contributed by atoms with E-state index < -0.39 is 5.60 Å². The zero-order valence-electron chi connectivity index (χ0n) is 15.1. The van der Waals surface area contributed by atoms with Crippen LogP contribution in [0.3, 0.4) is 0 Å². The maximum Gasteiger partial charge on any atom is 0.191 e. The summed E-state index contributed by atoms with van der Waals surface area (Å²) >= 11 is 0. The highest BCUT2D eigenvalue weighted by Gasteiger charge is 2.25. The third-order valence-corrected chi connectivity index (χ3v) is 3.78. The maximum absolute atomic E-state index is 10.6. The van der Waals surface area contributed by atoms with Gasteiger partial charge in [-0.15, -0.1) is 24.0 Å². The largest absolute Gasteiger partial charge is 0.387 e. The number of morpholine rings is 1. The van der Waals surface area contributed by atoms with Crippen LogP contribution in [0.15, 0.2) is 23.5 Å². The van der Waals surface area contributed by atoms with E-state index in [0.717, 1.165) is 45.9 Å². The molecule has 0 spiro atoms. The van der Waals surface area contributed by atoms with Crippen molar-refractivity contribution in [1.29, 1.82) is 0 Å². The van der Waals surface area contributed by atoms with Crippen molar-refractivity contribution in [2.45, 2.75) is 26.0 Å². The number of guanidine groups is 1. The first kappa shape index (κ1) is 22.1. The lowest BCUT2D eigenvalue weighted by molar-refractivity contribution is -0.0179. The molecule has 144 valence electrons. The molecule has 1 saturated heterocycles. The van der Waals surface area contributed by atoms with Gasteiger partial charge in [0.05, 0.1) is 31.9 Å². The van der Waals surface area contributed by atoms with E-state index in [1.165, 1.54) is 0 Å². The Labute approximate surface area is 167 Å². The minimum absolute atomic E-state index is 0. The minimum Gasteiger partial charge on any atom is -0.387 e. The van der Waals surface area contributed by atoms with Crippen LogP contribution in [0.25, 0.3) is 0 Å². The molecule has 2 heterocycles. The first-order chi connectivity index (χ1) is 11.6. The smallest absolute Gasteiger partial charge is 0.191 e. The fraction of sp³-hybridized carbons (Fsp3) is 0.750. The van der Waals surface area contributed by atoms with Crippen LogP contribution in [0, 0.1) is 0 Å². The molecule has 8 nitrogen and oxygen atoms in total. The fourth-order valence-corrected chi connectivity index (χ4v) is 2.60. The number of aliphatic hydroxyl groups is 1. The standard InChI is InChI=1S/C16H30N6O2.HI/c1-3-17-15(18-6-8-22-7-4-5-20-22)19-13-16(2,23)14-21-9-11-24-12-10-21;/h4-5,7,23H,3,6,8-14H2,1-2H3,(H2,17,18,19);1H. The van der Waals surface area contributed by atoms with Crippen molar-refractivity contribution in [2.75, 3.05) is 52.5 Å². The topological polar surface area (TPSA) is 86.9 Å². The molecule has 1 aromatic rings. The number of aliphatic imine (C=N–C) groups is 1. The van der Waals surface area contributed by atoms with Gasteiger partial charge in [0, 0.05) is 45.1 Å². The van der Waals surface area contributed by atoms with Crippen molar-refractivity contribution in [3.63, 3.8) is 0 Å². The van der Waals surface area contributed by atoms with Crippen LogP contribution in [-0.2, 0) is 11.3 Å². The van der Waals surface area contributed by atoms with Gasteiger partial charge >= 0.3 is 0 Å². The molecule has 1 fully saturated rings. The lowest BCUT2D eigenvalue weighted by atomic mass is 10.1. The number of ether oxygens (including phenoxy) is 1. The van der Waals surface area contributed by atoms with Crippen molar-refractivity contribution < 1.29 is 9.84 Å². The highest BCUT2D eigenvalue weighted by Crippen LogP contribution is 2.09. The van der Waals surface area contributed by atoms with Crippen LogP contribution in [0.5, 0.6) is 0 Å². The normalized spacial score (nSPS) is 18.3. The van der Waals surface area contributed by atoms with E-state index in [1.807, 2.05) is 30.8 Å². The molecule has 1 unspecified atom stereocenters. The van der Waals surface area contributed by atoms with Gasteiger partial charge in [-0.2, -0.15) is 5.10 Å². The van der Waals surface area contributed by atoms with Crippen LogP contribution in [-0.4, -0.2) is 83.8 Å². The molecule has 25 heavy (non-hydrogen) atoms. The Bertz CT molecular complexity index is 489. The molecule has 2 rings (SSSR count). The third-order valence-electron chi connectivity index (χ3n) is 3.78. The SMILES string of the molecule is CCNC(=NCC(C)(O)CN1CCOCC1)NCCn1cccn1.I. The van der Waals surface area contributed by atoms with Crippen molar-refractivity contribution in [2.24, 2.45) is 4.99 Å². The van der Waals surface area contributed by atoms with E-state index in [0.29, 0.717) is 19.0 Å². The molecule has 0 bridgehead atoms. The number of nitrogens with one attached hydrogen (secondary N) is 2. The van der Waals surface area contributed by atoms with Gasteiger partial charge < -0.3 is 20.5 Å². The fourth-order valence-electron chi connectivity index (χ4n) is 2.60. The molecule has 0 saturated carbocycles. The number of nitrogens with zero attached hydrogens (tertiary/aromatic N) is 4. The van der Waals surface area contributed by atoms with Crippen LogP contribution in [0.1, 0.15) is 13.8 Å². The van der Waals surface area contributed by atoms with E-state index in [9.17, 15) is 5.11 Å². The summed E-state index contributed by atoms with van der Waals surface area (Å²) in [6, 6.07) is 1.90. The third kappa shape index (κ3) is 8.84. The zero-order chi connectivity index (χ0) is 17.3. The van der Waals surface area contributed by atoms with Gasteiger partial charge in [0.15, 0.2) is 5.96 Å². The predicted molar refractivity (Wildman–Crippen MR) is 110 cm³/mol. The Morgan fingerprint density at radius 3 is 2.76 bits per heavy atom. The summed E-state index contributed by atoms with van der Waals surface area (Å²) in [6.45, 7) is 10.3. The maximum atomic E-state index is 10.6. The first-order valence-electron chi connectivity index (χ1n) is 8.61. The van der Waals surface area contributed by atoms with E-state index in [-0.39, 0.29) is 24.0 Å². The monoisotopic (exact) mass is 466 g/mol. The summed E-state index contributed by atoms with van der Waals surface area (Å²) in [6.07, 6.45) is 3.70. The molecule has 3 N–H and O–H groups in total. The Balaban J connectivity index is 0.00000312. The van der Waals surface area contributed by atoms with Crippen LogP contribution in [0.4, 0.5) is 0 Å². The Hall–Kier alpha value is -0.910. The molecule has 9 heteroatoms. The number of β-amino-alcohol motifs (C(OH)–C–C–N with tert-alkyl or cyclic N) is 1. The van der Waals surface area contributed by atoms with Gasteiger partial charge in [0.1, 0.15) is 0 Å². The highest BCUT2D eigenvalue weighted by molar-refractivity contribution is 14.0. The second-order valence-electron chi connectivity index (χ2n) is 6.28. The van der Waals surface area contributed by atoms with E-state index in [1.54, 1.807) is 6.20 Å². The average molecular weight is 466 g/mol. The lowest BCUT2D eigenvalue weighted by Gasteiger charge is -2.33. The minimum atomic E-state index is -0.859. The summed E-state index contributed by atoms with van der Waals surface area (Å²) in [4.78, 5) is 6.75. The molecule has 0 aliphatic carbocycles. The number of aromatic nitrogens is 2. The second-order valence-corrected chi connectivity index (χ2v) is 6.28. The molecular formula is C16H31IN6O2. The highest BCUT2D eigenvalue weighted by atomic mass is 127. The van der Waals surface area contributed by atoms with Crippen molar-refractivity contribution in [3.05, 3.63) is 18.5 Å². The van der Waals surface area contributed by atoms with Gasteiger partial charge in [-0.05, 0) is 19.9 Å². The van der Waals surface area contributed by atoms with E-state index in [2.05, 4.69) is 25.6 Å². The molecule has 0 radical (unpaired) electrons. The quantitative estimate of drug-likeness (QED) is 0.287. The molecule has 1 aliphatic rings. The molecule has 0 amide bonds. The summed E-state index contributed by atoms with van der Waals surface area (Å²) in [7, 11) is 0. The van der Waals surface area contributed by atoms with Gasteiger partial charge in [0.2, 0.25) is 0 Å². The number of rotatable bonds is 8. The Morgan fingerprint density at radius 1 is 1.36 bits per heavy atom. The van der Waals surface area contributed by atoms with Gasteiger partial charge in [-0.25, -0.2) is 0 Å². The molecule has 1 atom stereocenters. The van der Waals surface area contributed by atoms with Crippen molar-refractivity contribution >= 4 is 29.9 Å². The Morgan fingerprint density at radius 2 is 2.12 bits per heavy atom. The number of halogens is 1. The molecular weight excluding hydrogens is 435 g/mol. The molecule has 1 aliphatic heterocycles. The Kier molecular flexibility index (Phi) is 10.3. The van der Waals surface area contributed by atoms with Gasteiger partial charge in [-0.1, -0.05) is 0 Å². The number of hydrogen-bond donors (Lipinski definition) is 3. The summed E-state index contributed by atoms with van der Waals surface area (Å²) in [5.74, 6) is 0.715. The van der Waals surface area contributed by atoms with Crippen LogP contribution in [0.2, 0.25) is 0 Å². The van der Waals surface area contributed by atoms with Gasteiger partial charge in [-0.3, -0.25) is 14.6 Å². The summed E-state index contributed by atoms with van der Waals surface area (Å²) in [5.41, 5.74) is -0.859. The number of hydrogen-bond acceptors (Lipinski definition) is 5.